The summed E-state index contributed by atoms with van der Waals surface area (Å²) in [4.78, 5) is 2.53. The quantitative estimate of drug-likeness (QED) is 0.763. The molecular formula is C19H26N2. The Bertz CT molecular complexity index is 549. The van der Waals surface area contributed by atoms with E-state index in [1.165, 1.54) is 17.7 Å². The van der Waals surface area contributed by atoms with Crippen LogP contribution in [0, 0.1) is 28.6 Å². The molecule has 0 spiro atoms. The van der Waals surface area contributed by atoms with Crippen molar-refractivity contribution in [3.63, 3.8) is 0 Å². The molecule has 2 nitrogen and oxygen atoms in total. The molecule has 0 bridgehead atoms. The zero-order valence-electron chi connectivity index (χ0n) is 13.5. The fourth-order valence-corrected chi connectivity index (χ4v) is 4.14. The summed E-state index contributed by atoms with van der Waals surface area (Å²) in [6.45, 7) is 8.12. The van der Waals surface area contributed by atoms with Crippen LogP contribution in [0.5, 0.6) is 0 Å². The maximum Gasteiger partial charge on any atom is 0.0677 e. The Morgan fingerprint density at radius 3 is 2.67 bits per heavy atom. The van der Waals surface area contributed by atoms with Crippen LogP contribution in [-0.4, -0.2) is 12.6 Å². The Morgan fingerprint density at radius 2 is 1.95 bits per heavy atom. The Morgan fingerprint density at radius 1 is 1.19 bits per heavy atom. The fraction of sp³-hybridized carbons (Fsp3) is 0.632. The van der Waals surface area contributed by atoms with Crippen molar-refractivity contribution in [2.45, 2.75) is 52.5 Å². The van der Waals surface area contributed by atoms with E-state index in [0.29, 0.717) is 11.5 Å². The minimum absolute atomic E-state index is 0.190. The molecule has 0 N–H and O–H groups in total. The largest absolute Gasteiger partial charge is 0.367 e. The number of hydrogen-bond acceptors (Lipinski definition) is 2. The van der Waals surface area contributed by atoms with E-state index in [1.54, 1.807) is 0 Å². The first-order chi connectivity index (χ1) is 10.0. The van der Waals surface area contributed by atoms with Crippen LogP contribution in [0.4, 0.5) is 5.69 Å². The van der Waals surface area contributed by atoms with Crippen LogP contribution in [0.3, 0.4) is 0 Å². The van der Waals surface area contributed by atoms with Crippen molar-refractivity contribution in [2.75, 3.05) is 11.4 Å². The minimum atomic E-state index is 0.190. The molecule has 21 heavy (non-hydrogen) atoms. The van der Waals surface area contributed by atoms with E-state index in [4.69, 9.17) is 0 Å². The molecule has 1 saturated carbocycles. The molecule has 3 atom stereocenters. The van der Waals surface area contributed by atoms with Gasteiger partial charge >= 0.3 is 0 Å². The molecule has 3 rings (SSSR count). The van der Waals surface area contributed by atoms with Crippen molar-refractivity contribution in [3.8, 4) is 6.07 Å². The third kappa shape index (κ3) is 2.67. The first-order valence-electron chi connectivity index (χ1n) is 8.25. The average Bonchev–Trinajstić information content (AvgIpc) is 2.89. The van der Waals surface area contributed by atoms with Crippen molar-refractivity contribution in [1.29, 1.82) is 5.26 Å². The lowest BCUT2D eigenvalue weighted by Crippen LogP contribution is -2.45. The van der Waals surface area contributed by atoms with Crippen molar-refractivity contribution >= 4 is 5.69 Å². The topological polar surface area (TPSA) is 27.0 Å². The monoisotopic (exact) mass is 282 g/mol. The molecule has 1 fully saturated rings. The van der Waals surface area contributed by atoms with Crippen LogP contribution in [-0.2, 0) is 6.42 Å². The van der Waals surface area contributed by atoms with Crippen LogP contribution >= 0.6 is 0 Å². The van der Waals surface area contributed by atoms with Crippen LogP contribution in [0.2, 0.25) is 0 Å². The summed E-state index contributed by atoms with van der Waals surface area (Å²) in [6, 6.07) is 11.7. The van der Waals surface area contributed by atoms with Crippen LogP contribution in [0.15, 0.2) is 24.3 Å². The van der Waals surface area contributed by atoms with Crippen LogP contribution < -0.4 is 4.90 Å². The predicted octanol–water partition coefficient (Wildman–Crippen LogP) is 4.40. The third-order valence-corrected chi connectivity index (χ3v) is 5.53. The Kier molecular flexibility index (Phi) is 3.69. The van der Waals surface area contributed by atoms with Gasteiger partial charge in [-0.05, 0) is 48.6 Å². The summed E-state index contributed by atoms with van der Waals surface area (Å²) < 4.78 is 0. The molecule has 1 aliphatic carbocycles. The van der Waals surface area contributed by atoms with Gasteiger partial charge in [0.1, 0.15) is 0 Å². The summed E-state index contributed by atoms with van der Waals surface area (Å²) >= 11 is 0. The summed E-state index contributed by atoms with van der Waals surface area (Å²) in [5, 5.41) is 9.58. The zero-order valence-corrected chi connectivity index (χ0v) is 13.5. The highest BCUT2D eigenvalue weighted by Crippen LogP contribution is 2.44. The highest BCUT2D eigenvalue weighted by Gasteiger charge is 2.40. The van der Waals surface area contributed by atoms with Gasteiger partial charge in [0.25, 0.3) is 0 Å². The van der Waals surface area contributed by atoms with E-state index in [0.717, 1.165) is 31.7 Å². The number of anilines is 1. The first-order valence-corrected chi connectivity index (χ1v) is 8.25. The van der Waals surface area contributed by atoms with Gasteiger partial charge in [0, 0.05) is 18.3 Å². The van der Waals surface area contributed by atoms with Crippen molar-refractivity contribution in [2.24, 2.45) is 17.3 Å². The van der Waals surface area contributed by atoms with Gasteiger partial charge in [-0.3, -0.25) is 0 Å². The van der Waals surface area contributed by atoms with Crippen molar-refractivity contribution < 1.29 is 0 Å². The number of rotatable bonds is 1. The molecular weight excluding hydrogens is 256 g/mol. The SMILES string of the molecule is CC(C)(C)C1CCC(C#N)C(N2CCc3ccccc32)C1. The van der Waals surface area contributed by atoms with Gasteiger partial charge in [0.05, 0.1) is 12.0 Å². The summed E-state index contributed by atoms with van der Waals surface area (Å²) in [6.07, 6.45) is 4.55. The summed E-state index contributed by atoms with van der Waals surface area (Å²) in [7, 11) is 0. The predicted molar refractivity (Wildman–Crippen MR) is 87.2 cm³/mol. The number of hydrogen-bond donors (Lipinski definition) is 0. The Labute approximate surface area is 128 Å². The Balaban J connectivity index is 1.87. The standard InChI is InChI=1S/C19H26N2/c1-19(2,3)16-9-8-15(13-20)18(12-16)21-11-10-14-6-4-5-7-17(14)21/h4-7,15-16,18H,8-12H2,1-3H3. The molecule has 1 aromatic carbocycles. The molecule has 2 aliphatic rings. The minimum Gasteiger partial charge on any atom is -0.367 e. The highest BCUT2D eigenvalue weighted by molar-refractivity contribution is 5.59. The lowest BCUT2D eigenvalue weighted by Gasteiger charge is -2.44. The van der Waals surface area contributed by atoms with Crippen molar-refractivity contribution in [1.82, 2.24) is 0 Å². The van der Waals surface area contributed by atoms with E-state index in [9.17, 15) is 5.26 Å². The average molecular weight is 282 g/mol. The Hall–Kier alpha value is -1.49. The molecule has 1 heterocycles. The molecule has 0 radical (unpaired) electrons. The molecule has 2 heteroatoms. The second kappa shape index (κ2) is 5.37. The smallest absolute Gasteiger partial charge is 0.0677 e. The van der Waals surface area contributed by atoms with E-state index < -0.39 is 0 Å². The molecule has 0 amide bonds. The van der Waals surface area contributed by atoms with E-state index in [1.807, 2.05) is 0 Å². The number of nitriles is 1. The van der Waals surface area contributed by atoms with Gasteiger partial charge in [-0.25, -0.2) is 0 Å². The second-order valence-corrected chi connectivity index (χ2v) is 7.75. The van der Waals surface area contributed by atoms with Gasteiger partial charge < -0.3 is 4.90 Å². The van der Waals surface area contributed by atoms with Crippen LogP contribution in [0.1, 0.15) is 45.6 Å². The molecule has 112 valence electrons. The maximum absolute atomic E-state index is 9.58. The molecule has 1 aromatic rings. The lowest BCUT2D eigenvalue weighted by molar-refractivity contribution is 0.145. The zero-order chi connectivity index (χ0) is 15.0. The third-order valence-electron chi connectivity index (χ3n) is 5.53. The fourth-order valence-electron chi connectivity index (χ4n) is 4.14. The van der Waals surface area contributed by atoms with Gasteiger partial charge in [0.15, 0.2) is 0 Å². The second-order valence-electron chi connectivity index (χ2n) is 7.75. The van der Waals surface area contributed by atoms with Gasteiger partial charge in [-0.15, -0.1) is 0 Å². The maximum atomic E-state index is 9.58. The molecule has 0 saturated heterocycles. The van der Waals surface area contributed by atoms with Crippen LogP contribution in [0.25, 0.3) is 0 Å². The van der Waals surface area contributed by atoms with Gasteiger partial charge in [-0.1, -0.05) is 39.0 Å². The summed E-state index contributed by atoms with van der Waals surface area (Å²) in [5.41, 5.74) is 3.17. The van der Waals surface area contributed by atoms with E-state index >= 15 is 0 Å². The van der Waals surface area contributed by atoms with E-state index in [-0.39, 0.29) is 5.92 Å². The van der Waals surface area contributed by atoms with E-state index in [2.05, 4.69) is 56.0 Å². The summed E-state index contributed by atoms with van der Waals surface area (Å²) in [5.74, 6) is 0.912. The molecule has 3 unspecified atom stereocenters. The molecule has 1 aliphatic heterocycles. The van der Waals surface area contributed by atoms with Gasteiger partial charge in [0.2, 0.25) is 0 Å². The highest BCUT2D eigenvalue weighted by atomic mass is 15.2. The van der Waals surface area contributed by atoms with Gasteiger partial charge in [-0.2, -0.15) is 5.26 Å². The first kappa shape index (κ1) is 14.4. The lowest BCUT2D eigenvalue weighted by atomic mass is 9.68. The number of nitrogens with zero attached hydrogens (tertiary/aromatic N) is 2. The number of para-hydroxylation sites is 1. The van der Waals surface area contributed by atoms with Crippen molar-refractivity contribution in [3.05, 3.63) is 29.8 Å². The normalized spacial score (nSPS) is 29.0. The number of fused-ring (bicyclic) bond motifs is 1. The number of benzene rings is 1. The molecule has 0 aromatic heterocycles.